The van der Waals surface area contributed by atoms with E-state index in [1.165, 1.54) is 12.8 Å². The Morgan fingerprint density at radius 2 is 1.81 bits per heavy atom. The second kappa shape index (κ2) is 8.77. The summed E-state index contributed by atoms with van der Waals surface area (Å²) in [6, 6.07) is 16.8. The maximum atomic E-state index is 12.6. The number of rotatable bonds is 5. The van der Waals surface area contributed by atoms with Gasteiger partial charge in [0.15, 0.2) is 5.75 Å². The van der Waals surface area contributed by atoms with Gasteiger partial charge in [0.05, 0.1) is 5.69 Å². The number of fused-ring (bicyclic) bond motifs is 2. The van der Waals surface area contributed by atoms with Crippen LogP contribution in [0, 0.1) is 12.8 Å². The van der Waals surface area contributed by atoms with E-state index in [0.29, 0.717) is 30.2 Å². The van der Waals surface area contributed by atoms with Gasteiger partial charge in [-0.15, -0.1) is 12.4 Å². The molecule has 0 saturated carbocycles. The van der Waals surface area contributed by atoms with Gasteiger partial charge in [-0.1, -0.05) is 24.3 Å². The molecule has 2 heterocycles. The summed E-state index contributed by atoms with van der Waals surface area (Å²) in [4.78, 5) is 12.6. The van der Waals surface area contributed by atoms with Crippen LogP contribution in [0.4, 0.5) is 5.69 Å². The van der Waals surface area contributed by atoms with Gasteiger partial charge in [0, 0.05) is 18.5 Å². The maximum absolute atomic E-state index is 12.6. The molecule has 0 spiro atoms. The summed E-state index contributed by atoms with van der Waals surface area (Å²) in [5.41, 5.74) is 1.84. The van der Waals surface area contributed by atoms with Crippen LogP contribution in [0.25, 0.3) is 0 Å². The SMILES string of the molecule is Cc1ccc(Oc2ccccc2)c(NC(=O)CC2CC3CCC(C2)N3)c1.Cl. The molecule has 5 heteroatoms. The van der Waals surface area contributed by atoms with Crippen LogP contribution in [0.15, 0.2) is 48.5 Å². The molecule has 2 fully saturated rings. The smallest absolute Gasteiger partial charge is 0.224 e. The lowest BCUT2D eigenvalue weighted by Gasteiger charge is -2.28. The Bertz CT molecular complexity index is 769. The predicted molar refractivity (Wildman–Crippen MR) is 111 cm³/mol. The van der Waals surface area contributed by atoms with Crippen LogP contribution < -0.4 is 15.4 Å². The molecule has 1 amide bonds. The summed E-state index contributed by atoms with van der Waals surface area (Å²) in [5.74, 6) is 2.01. The lowest BCUT2D eigenvalue weighted by molar-refractivity contribution is -0.117. The quantitative estimate of drug-likeness (QED) is 0.754. The molecule has 0 aromatic heterocycles. The zero-order valence-electron chi connectivity index (χ0n) is 15.6. The molecule has 0 radical (unpaired) electrons. The van der Waals surface area contributed by atoms with E-state index in [4.69, 9.17) is 4.74 Å². The molecule has 2 aromatic rings. The number of carbonyl (C=O) groups is 1. The summed E-state index contributed by atoms with van der Waals surface area (Å²) in [7, 11) is 0. The second-order valence-corrected chi connectivity index (χ2v) is 7.64. The van der Waals surface area contributed by atoms with Crippen molar-refractivity contribution in [1.29, 1.82) is 0 Å². The minimum absolute atomic E-state index is 0. The topological polar surface area (TPSA) is 50.4 Å². The Balaban J connectivity index is 0.00000210. The third-order valence-corrected chi connectivity index (χ3v) is 5.42. The first kappa shape index (κ1) is 19.7. The highest BCUT2D eigenvalue weighted by Crippen LogP contribution is 2.34. The minimum atomic E-state index is 0. The molecule has 2 aromatic carbocycles. The van der Waals surface area contributed by atoms with Gasteiger partial charge in [0.25, 0.3) is 0 Å². The molecule has 144 valence electrons. The lowest BCUT2D eigenvalue weighted by atomic mass is 9.89. The van der Waals surface area contributed by atoms with Crippen molar-refractivity contribution in [2.45, 2.75) is 51.1 Å². The van der Waals surface area contributed by atoms with Gasteiger partial charge in [-0.2, -0.15) is 0 Å². The van der Waals surface area contributed by atoms with Crippen LogP contribution in [-0.4, -0.2) is 18.0 Å². The van der Waals surface area contributed by atoms with Crippen LogP contribution in [0.1, 0.15) is 37.7 Å². The molecule has 2 bridgehead atoms. The summed E-state index contributed by atoms with van der Waals surface area (Å²) in [6.07, 6.45) is 5.34. The standard InChI is InChI=1S/C22H26N2O2.ClH/c1-15-7-10-21(26-19-5-3-2-4-6-19)20(11-15)24-22(25)14-16-12-17-8-9-18(13-16)23-17;/h2-7,10-11,16-18,23H,8-9,12-14H2,1H3,(H,24,25);1H. The van der Waals surface area contributed by atoms with Crippen LogP contribution in [-0.2, 0) is 4.79 Å². The van der Waals surface area contributed by atoms with E-state index >= 15 is 0 Å². The maximum Gasteiger partial charge on any atom is 0.224 e. The highest BCUT2D eigenvalue weighted by atomic mass is 35.5. The van der Waals surface area contributed by atoms with Crippen molar-refractivity contribution in [2.24, 2.45) is 5.92 Å². The average molecular weight is 387 g/mol. The number of benzene rings is 2. The van der Waals surface area contributed by atoms with Gasteiger partial charge in [-0.05, 0) is 68.4 Å². The van der Waals surface area contributed by atoms with E-state index in [2.05, 4.69) is 10.6 Å². The van der Waals surface area contributed by atoms with Crippen molar-refractivity contribution < 1.29 is 9.53 Å². The van der Waals surface area contributed by atoms with Gasteiger partial charge in [-0.25, -0.2) is 0 Å². The fourth-order valence-electron chi connectivity index (χ4n) is 4.25. The molecular formula is C22H27ClN2O2. The zero-order valence-corrected chi connectivity index (χ0v) is 16.4. The number of anilines is 1. The Hall–Kier alpha value is -2.04. The molecule has 4 rings (SSSR count). The van der Waals surface area contributed by atoms with E-state index in [0.717, 1.165) is 29.8 Å². The van der Waals surface area contributed by atoms with Crippen molar-refractivity contribution in [3.05, 3.63) is 54.1 Å². The van der Waals surface area contributed by atoms with E-state index in [9.17, 15) is 4.79 Å². The molecular weight excluding hydrogens is 360 g/mol. The number of hydrogen-bond donors (Lipinski definition) is 2. The number of ether oxygens (including phenoxy) is 1. The van der Waals surface area contributed by atoms with Crippen LogP contribution in [0.2, 0.25) is 0 Å². The number of hydrogen-bond acceptors (Lipinski definition) is 3. The molecule has 2 atom stereocenters. The number of amides is 1. The highest BCUT2D eigenvalue weighted by Gasteiger charge is 2.34. The lowest BCUT2D eigenvalue weighted by Crippen LogP contribution is -2.39. The monoisotopic (exact) mass is 386 g/mol. The van der Waals surface area contributed by atoms with E-state index in [1.54, 1.807) is 0 Å². The van der Waals surface area contributed by atoms with Crippen molar-refractivity contribution in [1.82, 2.24) is 5.32 Å². The molecule has 2 aliphatic rings. The molecule has 2 N–H and O–H groups in total. The van der Waals surface area contributed by atoms with Crippen molar-refractivity contribution in [2.75, 3.05) is 5.32 Å². The minimum Gasteiger partial charge on any atom is -0.455 e. The highest BCUT2D eigenvalue weighted by molar-refractivity contribution is 5.92. The molecule has 4 nitrogen and oxygen atoms in total. The van der Waals surface area contributed by atoms with E-state index < -0.39 is 0 Å². The number of halogens is 1. The molecule has 27 heavy (non-hydrogen) atoms. The summed E-state index contributed by atoms with van der Waals surface area (Å²) in [5, 5.41) is 6.72. The van der Waals surface area contributed by atoms with Gasteiger partial charge in [-0.3, -0.25) is 4.79 Å². The number of carbonyl (C=O) groups excluding carboxylic acids is 1. The van der Waals surface area contributed by atoms with Crippen LogP contribution in [0.3, 0.4) is 0 Å². The van der Waals surface area contributed by atoms with Crippen LogP contribution >= 0.6 is 12.4 Å². The van der Waals surface area contributed by atoms with Gasteiger partial charge >= 0.3 is 0 Å². The number of aryl methyl sites for hydroxylation is 1. The first-order valence-electron chi connectivity index (χ1n) is 9.55. The first-order chi connectivity index (χ1) is 12.7. The van der Waals surface area contributed by atoms with Gasteiger partial charge in [0.1, 0.15) is 5.75 Å². The van der Waals surface area contributed by atoms with Crippen molar-refractivity contribution in [3.8, 4) is 11.5 Å². The number of piperidine rings is 1. The Morgan fingerprint density at radius 3 is 2.52 bits per heavy atom. The van der Waals surface area contributed by atoms with Crippen LogP contribution in [0.5, 0.6) is 11.5 Å². The summed E-state index contributed by atoms with van der Waals surface area (Å²) < 4.78 is 5.97. The van der Waals surface area contributed by atoms with Gasteiger partial charge in [0.2, 0.25) is 5.91 Å². The van der Waals surface area contributed by atoms with E-state index in [1.807, 2.05) is 55.5 Å². The molecule has 2 saturated heterocycles. The average Bonchev–Trinajstić information content (AvgIpc) is 2.96. The third kappa shape index (κ3) is 5.02. The second-order valence-electron chi connectivity index (χ2n) is 7.64. The fraction of sp³-hybridized carbons (Fsp3) is 0.409. The number of para-hydroxylation sites is 1. The van der Waals surface area contributed by atoms with Crippen molar-refractivity contribution >= 4 is 24.0 Å². The first-order valence-corrected chi connectivity index (χ1v) is 9.55. The Kier molecular flexibility index (Phi) is 6.40. The third-order valence-electron chi connectivity index (χ3n) is 5.42. The normalized spacial score (nSPS) is 23.4. The van der Waals surface area contributed by atoms with Gasteiger partial charge < -0.3 is 15.4 Å². The summed E-state index contributed by atoms with van der Waals surface area (Å²) in [6.45, 7) is 2.02. The molecule has 2 unspecified atom stereocenters. The molecule has 2 aliphatic heterocycles. The summed E-state index contributed by atoms with van der Waals surface area (Å²) >= 11 is 0. The fourth-order valence-corrected chi connectivity index (χ4v) is 4.25. The van der Waals surface area contributed by atoms with Crippen molar-refractivity contribution in [3.63, 3.8) is 0 Å². The number of nitrogens with one attached hydrogen (secondary N) is 2. The predicted octanol–water partition coefficient (Wildman–Crippen LogP) is 5.07. The zero-order chi connectivity index (χ0) is 17.9. The molecule has 0 aliphatic carbocycles. The Morgan fingerprint density at radius 1 is 1.11 bits per heavy atom. The largest absolute Gasteiger partial charge is 0.455 e. The van der Waals surface area contributed by atoms with E-state index in [-0.39, 0.29) is 18.3 Å². The Labute approximate surface area is 167 Å².